The first kappa shape index (κ1) is 17.7. The van der Waals surface area contributed by atoms with Crippen molar-refractivity contribution >= 4 is 18.4 Å². The predicted octanol–water partition coefficient (Wildman–Crippen LogP) is 2.31. The highest BCUT2D eigenvalue weighted by Crippen LogP contribution is 2.32. The number of halogens is 5. The minimum Gasteiger partial charge on any atom is -0.468 e. The summed E-state index contributed by atoms with van der Waals surface area (Å²) < 4.78 is 55.2. The van der Waals surface area contributed by atoms with Gasteiger partial charge in [0.1, 0.15) is 11.9 Å². The lowest BCUT2D eigenvalue weighted by Gasteiger charge is -2.13. The zero-order valence-corrected chi connectivity index (χ0v) is 10.6. The van der Waals surface area contributed by atoms with Gasteiger partial charge in [-0.3, -0.25) is 4.79 Å². The van der Waals surface area contributed by atoms with Gasteiger partial charge in [0.25, 0.3) is 0 Å². The van der Waals surface area contributed by atoms with Crippen molar-refractivity contribution in [3.05, 3.63) is 35.1 Å². The average molecular weight is 302 g/mol. The average Bonchev–Trinajstić information content (AvgIpc) is 2.29. The molecule has 0 aromatic heterocycles. The molecule has 3 nitrogen and oxygen atoms in total. The van der Waals surface area contributed by atoms with Crippen LogP contribution in [0.2, 0.25) is 0 Å². The van der Waals surface area contributed by atoms with Crippen LogP contribution in [0.3, 0.4) is 0 Å². The van der Waals surface area contributed by atoms with Crippen molar-refractivity contribution in [2.45, 2.75) is 18.6 Å². The molecule has 0 heterocycles. The molecule has 2 N–H and O–H groups in total. The van der Waals surface area contributed by atoms with E-state index in [1.807, 2.05) is 0 Å². The second-order valence-electron chi connectivity index (χ2n) is 3.61. The lowest BCUT2D eigenvalue weighted by atomic mass is 10.0. The Morgan fingerprint density at radius 2 is 2.00 bits per heavy atom. The van der Waals surface area contributed by atoms with Crippen LogP contribution >= 0.6 is 12.4 Å². The van der Waals surface area contributed by atoms with Crippen molar-refractivity contribution in [2.24, 2.45) is 5.73 Å². The number of rotatable bonds is 3. The van der Waals surface area contributed by atoms with E-state index in [0.29, 0.717) is 6.07 Å². The Kier molecular flexibility index (Phi) is 6.24. The fourth-order valence-electron chi connectivity index (χ4n) is 1.43. The van der Waals surface area contributed by atoms with Crippen molar-refractivity contribution in [3.8, 4) is 0 Å². The van der Waals surface area contributed by atoms with Crippen LogP contribution in [0, 0.1) is 5.82 Å². The van der Waals surface area contributed by atoms with Crippen LogP contribution in [0.5, 0.6) is 0 Å². The third kappa shape index (κ3) is 4.36. The third-order valence-corrected chi connectivity index (χ3v) is 2.33. The van der Waals surface area contributed by atoms with E-state index in [1.54, 1.807) is 0 Å². The van der Waals surface area contributed by atoms with Crippen molar-refractivity contribution in [1.82, 2.24) is 0 Å². The van der Waals surface area contributed by atoms with Gasteiger partial charge in [-0.1, -0.05) is 12.1 Å². The molecule has 8 heteroatoms. The number of nitrogens with two attached hydrogens (primary N) is 1. The summed E-state index contributed by atoms with van der Waals surface area (Å²) in [4.78, 5) is 11.0. The zero-order chi connectivity index (χ0) is 13.9. The van der Waals surface area contributed by atoms with E-state index in [2.05, 4.69) is 4.74 Å². The number of benzene rings is 1. The molecule has 0 aliphatic heterocycles. The number of esters is 1. The Morgan fingerprint density at radius 3 is 2.47 bits per heavy atom. The fourth-order valence-corrected chi connectivity index (χ4v) is 1.43. The summed E-state index contributed by atoms with van der Waals surface area (Å²) in [5, 5.41) is 0. The van der Waals surface area contributed by atoms with Crippen LogP contribution < -0.4 is 5.73 Å². The number of carbonyl (C=O) groups is 1. The quantitative estimate of drug-likeness (QED) is 0.688. The van der Waals surface area contributed by atoms with E-state index in [0.717, 1.165) is 19.2 Å². The number of hydrogen-bond donors (Lipinski definition) is 1. The van der Waals surface area contributed by atoms with Crippen LogP contribution in [-0.4, -0.2) is 19.1 Å². The molecule has 1 atom stereocenters. The molecule has 0 aliphatic carbocycles. The molecule has 19 heavy (non-hydrogen) atoms. The topological polar surface area (TPSA) is 52.3 Å². The van der Waals surface area contributed by atoms with Crippen molar-refractivity contribution in [2.75, 3.05) is 7.11 Å². The highest BCUT2D eigenvalue weighted by Gasteiger charge is 2.35. The van der Waals surface area contributed by atoms with E-state index < -0.39 is 29.6 Å². The van der Waals surface area contributed by atoms with Crippen LogP contribution in [0.25, 0.3) is 0 Å². The fraction of sp³-hybridized carbons (Fsp3) is 0.364. The highest BCUT2D eigenvalue weighted by molar-refractivity contribution is 5.85. The number of alkyl halides is 3. The summed E-state index contributed by atoms with van der Waals surface area (Å²) in [6, 6.07) is 1.63. The molecule has 1 rings (SSSR count). The van der Waals surface area contributed by atoms with Gasteiger partial charge >= 0.3 is 12.1 Å². The largest absolute Gasteiger partial charge is 0.468 e. The molecule has 0 amide bonds. The molecule has 0 saturated heterocycles. The predicted molar refractivity (Wildman–Crippen MR) is 62.3 cm³/mol. The third-order valence-electron chi connectivity index (χ3n) is 2.33. The van der Waals surface area contributed by atoms with Gasteiger partial charge < -0.3 is 10.5 Å². The Labute approximate surface area is 113 Å². The minimum atomic E-state index is -4.78. The van der Waals surface area contributed by atoms with Crippen LogP contribution in [0.4, 0.5) is 17.6 Å². The number of ether oxygens (including phenoxy) is 1. The standard InChI is InChI=1S/C11H11F4NO2.ClH/c1-18-10(17)8(16)5-6-3-2-4-7(9(6)12)11(13,14)15;/h2-4,8H,5,16H2,1H3;1H. The van der Waals surface area contributed by atoms with Gasteiger partial charge in [-0.15, -0.1) is 12.4 Å². The van der Waals surface area contributed by atoms with Crippen molar-refractivity contribution < 1.29 is 27.1 Å². The second kappa shape index (κ2) is 6.72. The lowest BCUT2D eigenvalue weighted by molar-refractivity contribution is -0.142. The van der Waals surface area contributed by atoms with Crippen LogP contribution in [-0.2, 0) is 22.1 Å². The van der Waals surface area contributed by atoms with E-state index >= 15 is 0 Å². The first-order valence-corrected chi connectivity index (χ1v) is 4.95. The van der Waals surface area contributed by atoms with Gasteiger partial charge in [-0.25, -0.2) is 4.39 Å². The van der Waals surface area contributed by atoms with E-state index in [9.17, 15) is 22.4 Å². The Morgan fingerprint density at radius 1 is 1.42 bits per heavy atom. The molecular weight excluding hydrogens is 290 g/mol. The van der Waals surface area contributed by atoms with E-state index in [4.69, 9.17) is 5.73 Å². The van der Waals surface area contributed by atoms with Gasteiger partial charge in [0.05, 0.1) is 12.7 Å². The van der Waals surface area contributed by atoms with Gasteiger partial charge in [0, 0.05) is 6.42 Å². The van der Waals surface area contributed by atoms with E-state index in [-0.39, 0.29) is 24.4 Å². The highest BCUT2D eigenvalue weighted by atomic mass is 35.5. The summed E-state index contributed by atoms with van der Waals surface area (Å²) in [5.41, 5.74) is 3.71. The molecule has 0 radical (unpaired) electrons. The minimum absolute atomic E-state index is 0. The first-order chi connectivity index (χ1) is 8.27. The second-order valence-corrected chi connectivity index (χ2v) is 3.61. The maximum absolute atomic E-state index is 13.6. The molecule has 108 valence electrons. The summed E-state index contributed by atoms with van der Waals surface area (Å²) in [6.45, 7) is 0. The summed E-state index contributed by atoms with van der Waals surface area (Å²) in [7, 11) is 1.09. The maximum Gasteiger partial charge on any atom is 0.419 e. The van der Waals surface area contributed by atoms with Gasteiger partial charge in [-0.2, -0.15) is 13.2 Å². The number of carbonyl (C=O) groups excluding carboxylic acids is 1. The van der Waals surface area contributed by atoms with Crippen LogP contribution in [0.15, 0.2) is 18.2 Å². The van der Waals surface area contributed by atoms with Gasteiger partial charge in [-0.05, 0) is 11.6 Å². The number of methoxy groups -OCH3 is 1. The Hall–Kier alpha value is -1.34. The molecule has 1 unspecified atom stereocenters. The van der Waals surface area contributed by atoms with Gasteiger partial charge in [0.2, 0.25) is 0 Å². The normalized spacial score (nSPS) is 12.5. The van der Waals surface area contributed by atoms with Crippen molar-refractivity contribution in [3.63, 3.8) is 0 Å². The maximum atomic E-state index is 13.6. The zero-order valence-electron chi connectivity index (χ0n) is 9.83. The Balaban J connectivity index is 0.00000324. The van der Waals surface area contributed by atoms with Crippen LogP contribution in [0.1, 0.15) is 11.1 Å². The summed E-state index contributed by atoms with van der Waals surface area (Å²) in [5.74, 6) is -2.23. The molecular formula is C11H12ClF4NO2. The molecule has 0 spiro atoms. The van der Waals surface area contributed by atoms with Crippen molar-refractivity contribution in [1.29, 1.82) is 0 Å². The molecule has 0 aliphatic rings. The van der Waals surface area contributed by atoms with Gasteiger partial charge in [0.15, 0.2) is 0 Å². The number of hydrogen-bond acceptors (Lipinski definition) is 3. The summed E-state index contributed by atoms with van der Waals surface area (Å²) >= 11 is 0. The Bertz CT molecular complexity index is 451. The smallest absolute Gasteiger partial charge is 0.419 e. The molecule has 0 saturated carbocycles. The molecule has 0 bridgehead atoms. The van der Waals surface area contributed by atoms with E-state index in [1.165, 1.54) is 0 Å². The first-order valence-electron chi connectivity index (χ1n) is 4.95. The molecule has 1 aromatic carbocycles. The summed E-state index contributed by atoms with van der Waals surface area (Å²) in [6.07, 6.45) is -5.14. The molecule has 1 aromatic rings. The monoisotopic (exact) mass is 301 g/mol. The lowest BCUT2D eigenvalue weighted by Crippen LogP contribution is -2.34. The molecule has 0 fully saturated rings. The SMILES string of the molecule is COC(=O)C(N)Cc1cccc(C(F)(F)F)c1F.Cl.